The lowest BCUT2D eigenvalue weighted by molar-refractivity contribution is -0.137. The van der Waals surface area contributed by atoms with E-state index in [9.17, 15) is 32.3 Å². The van der Waals surface area contributed by atoms with Gasteiger partial charge in [0.2, 0.25) is 0 Å². The Balaban J connectivity index is 1.98. The highest BCUT2D eigenvalue weighted by atomic mass is 19.4. The third-order valence-corrected chi connectivity index (χ3v) is 4.61. The molecule has 3 aromatic rings. The molecule has 0 radical (unpaired) electrons. The van der Waals surface area contributed by atoms with Crippen LogP contribution in [0.1, 0.15) is 40.1 Å². The van der Waals surface area contributed by atoms with Gasteiger partial charge in [-0.05, 0) is 42.8 Å². The van der Waals surface area contributed by atoms with Crippen molar-refractivity contribution in [2.24, 2.45) is 0 Å². The summed E-state index contributed by atoms with van der Waals surface area (Å²) < 4.78 is 54.3. The zero-order valence-corrected chi connectivity index (χ0v) is 16.8. The highest BCUT2D eigenvalue weighted by molar-refractivity contribution is 5.94. The van der Waals surface area contributed by atoms with Gasteiger partial charge in [0.05, 0.1) is 29.8 Å². The van der Waals surface area contributed by atoms with Gasteiger partial charge in [-0.15, -0.1) is 0 Å². The number of carbonyl (C=O) groups excluding carboxylic acids is 1. The number of amides is 1. The molecule has 32 heavy (non-hydrogen) atoms. The van der Waals surface area contributed by atoms with Crippen molar-refractivity contribution in [2.45, 2.75) is 31.8 Å². The average molecular weight is 449 g/mol. The molecule has 0 aliphatic heterocycles. The molecule has 0 saturated carbocycles. The van der Waals surface area contributed by atoms with Crippen molar-refractivity contribution < 1.29 is 27.5 Å². The van der Waals surface area contributed by atoms with Gasteiger partial charge in [-0.2, -0.15) is 13.2 Å². The number of halogens is 4. The lowest BCUT2D eigenvalue weighted by atomic mass is 10.0. The first-order valence-corrected chi connectivity index (χ1v) is 9.53. The van der Waals surface area contributed by atoms with Crippen molar-refractivity contribution in [1.29, 1.82) is 0 Å². The number of aliphatic hydroxyl groups is 1. The number of carbonyl (C=O) groups is 1. The minimum Gasteiger partial charge on any atom is -0.392 e. The van der Waals surface area contributed by atoms with Crippen molar-refractivity contribution in [3.05, 3.63) is 99.5 Å². The van der Waals surface area contributed by atoms with Gasteiger partial charge in [-0.25, -0.2) is 4.39 Å². The maximum atomic E-state index is 14.4. The van der Waals surface area contributed by atoms with Crippen LogP contribution >= 0.6 is 0 Å². The molecule has 168 valence electrons. The van der Waals surface area contributed by atoms with Crippen LogP contribution in [0.3, 0.4) is 0 Å². The van der Waals surface area contributed by atoms with Crippen LogP contribution in [-0.2, 0) is 12.7 Å². The Morgan fingerprint density at radius 2 is 1.84 bits per heavy atom. The van der Waals surface area contributed by atoms with E-state index in [0.29, 0.717) is 0 Å². The van der Waals surface area contributed by atoms with Crippen molar-refractivity contribution in [2.75, 3.05) is 0 Å². The number of hydrogen-bond acceptors (Lipinski definition) is 4. The van der Waals surface area contributed by atoms with E-state index < -0.39 is 41.2 Å². The van der Waals surface area contributed by atoms with E-state index in [4.69, 9.17) is 0 Å². The van der Waals surface area contributed by atoms with Crippen LogP contribution in [0, 0.1) is 5.82 Å². The van der Waals surface area contributed by atoms with Gasteiger partial charge in [0, 0.05) is 18.5 Å². The van der Waals surface area contributed by atoms with Gasteiger partial charge < -0.3 is 15.0 Å². The van der Waals surface area contributed by atoms with E-state index in [1.165, 1.54) is 31.5 Å². The molecule has 2 N–H and O–H groups in total. The first kappa shape index (κ1) is 23.1. The largest absolute Gasteiger partial charge is 0.416 e. The summed E-state index contributed by atoms with van der Waals surface area (Å²) in [6.07, 6.45) is -2.85. The topological polar surface area (TPSA) is 84.2 Å². The molecule has 0 fully saturated rings. The number of pyridine rings is 2. The second-order valence-electron chi connectivity index (χ2n) is 7.15. The van der Waals surface area contributed by atoms with Crippen LogP contribution in [0.15, 0.2) is 65.7 Å². The maximum absolute atomic E-state index is 14.4. The number of nitrogens with one attached hydrogen (secondary N) is 1. The first-order valence-electron chi connectivity index (χ1n) is 9.53. The molecule has 10 heteroatoms. The highest BCUT2D eigenvalue weighted by Gasteiger charge is 2.31. The number of rotatable bonds is 6. The van der Waals surface area contributed by atoms with Crippen LogP contribution < -0.4 is 10.9 Å². The normalized spacial score (nSPS) is 13.4. The number of benzene rings is 1. The Hall–Kier alpha value is -3.53. The Bertz CT molecular complexity index is 1160. The van der Waals surface area contributed by atoms with Crippen molar-refractivity contribution in [3.8, 4) is 0 Å². The zero-order chi connectivity index (χ0) is 23.5. The lowest BCUT2D eigenvalue weighted by Gasteiger charge is -2.20. The molecule has 0 unspecified atom stereocenters. The number of nitrogens with zero attached hydrogens (tertiary/aromatic N) is 2. The van der Waals surface area contributed by atoms with Crippen molar-refractivity contribution >= 4 is 5.91 Å². The number of aromatic nitrogens is 2. The van der Waals surface area contributed by atoms with Crippen molar-refractivity contribution in [3.63, 3.8) is 0 Å². The van der Waals surface area contributed by atoms with Crippen LogP contribution in [0.4, 0.5) is 17.6 Å². The molecule has 2 atom stereocenters. The molecular formula is C22H19F4N3O3. The van der Waals surface area contributed by atoms with E-state index in [-0.39, 0.29) is 23.4 Å². The van der Waals surface area contributed by atoms with E-state index in [2.05, 4.69) is 10.3 Å². The van der Waals surface area contributed by atoms with Gasteiger partial charge in [0.1, 0.15) is 11.5 Å². The van der Waals surface area contributed by atoms with E-state index in [0.717, 1.165) is 41.0 Å². The van der Waals surface area contributed by atoms with Gasteiger partial charge in [-0.3, -0.25) is 14.6 Å². The standard InChI is InChI=1S/C22H19F4N3O3/c1-13(30)11-29-12-15(6-9-18(29)31)21(32)28-19(20-17(23)3-2-10-27-20)14-4-7-16(8-5-14)22(24,25)26/h2-10,12-13,19,30H,11H2,1H3,(H,28,32)/t13-,19-/m0/s1. The molecule has 1 amide bonds. The third kappa shape index (κ3) is 5.38. The fourth-order valence-electron chi connectivity index (χ4n) is 3.09. The minimum absolute atomic E-state index is 0.0403. The van der Waals surface area contributed by atoms with E-state index in [1.807, 2.05) is 0 Å². The van der Waals surface area contributed by atoms with Crippen LogP contribution in [0.2, 0.25) is 0 Å². The molecule has 2 aromatic heterocycles. The molecular weight excluding hydrogens is 430 g/mol. The Morgan fingerprint density at radius 3 is 2.44 bits per heavy atom. The quantitative estimate of drug-likeness (QED) is 0.566. The summed E-state index contributed by atoms with van der Waals surface area (Å²) >= 11 is 0. The Kier molecular flexibility index (Phi) is 6.73. The summed E-state index contributed by atoms with van der Waals surface area (Å²) in [5.41, 5.74) is -1.28. The van der Waals surface area contributed by atoms with E-state index in [1.54, 1.807) is 0 Å². The smallest absolute Gasteiger partial charge is 0.392 e. The number of hydrogen-bond donors (Lipinski definition) is 2. The predicted octanol–water partition coefficient (Wildman–Crippen LogP) is 3.30. The summed E-state index contributed by atoms with van der Waals surface area (Å²) in [6, 6.07) is 7.61. The Morgan fingerprint density at radius 1 is 1.16 bits per heavy atom. The van der Waals surface area contributed by atoms with Gasteiger partial charge >= 0.3 is 6.18 Å². The summed E-state index contributed by atoms with van der Waals surface area (Å²) in [7, 11) is 0. The SMILES string of the molecule is C[C@H](O)Cn1cc(C(=O)N[C@@H](c2ccc(C(F)(F)F)cc2)c2ncccc2F)ccc1=O. The maximum Gasteiger partial charge on any atom is 0.416 e. The minimum atomic E-state index is -4.55. The molecule has 0 spiro atoms. The zero-order valence-electron chi connectivity index (χ0n) is 16.8. The molecule has 2 heterocycles. The number of alkyl halides is 3. The Labute approximate surface area is 180 Å². The van der Waals surface area contributed by atoms with Crippen LogP contribution in [0.25, 0.3) is 0 Å². The second-order valence-corrected chi connectivity index (χ2v) is 7.15. The molecule has 0 aliphatic carbocycles. The van der Waals surface area contributed by atoms with Gasteiger partial charge in [-0.1, -0.05) is 12.1 Å². The molecule has 0 saturated heterocycles. The molecule has 0 bridgehead atoms. The number of aliphatic hydroxyl groups excluding tert-OH is 1. The first-order chi connectivity index (χ1) is 15.1. The molecule has 0 aliphatic rings. The van der Waals surface area contributed by atoms with Crippen LogP contribution in [0.5, 0.6) is 0 Å². The predicted molar refractivity (Wildman–Crippen MR) is 107 cm³/mol. The van der Waals surface area contributed by atoms with Crippen molar-refractivity contribution in [1.82, 2.24) is 14.9 Å². The third-order valence-electron chi connectivity index (χ3n) is 4.61. The van der Waals surface area contributed by atoms with E-state index >= 15 is 0 Å². The van der Waals surface area contributed by atoms with Gasteiger partial charge in [0.15, 0.2) is 0 Å². The second kappa shape index (κ2) is 9.31. The lowest BCUT2D eigenvalue weighted by Crippen LogP contribution is -2.32. The summed E-state index contributed by atoms with van der Waals surface area (Å²) in [6.45, 7) is 1.43. The summed E-state index contributed by atoms with van der Waals surface area (Å²) in [5.74, 6) is -1.46. The molecule has 6 nitrogen and oxygen atoms in total. The fourth-order valence-corrected chi connectivity index (χ4v) is 3.09. The highest BCUT2D eigenvalue weighted by Crippen LogP contribution is 2.31. The summed E-state index contributed by atoms with van der Waals surface area (Å²) in [5, 5.41) is 12.1. The average Bonchev–Trinajstić information content (AvgIpc) is 2.73. The van der Waals surface area contributed by atoms with Crippen LogP contribution in [-0.4, -0.2) is 26.7 Å². The van der Waals surface area contributed by atoms with Gasteiger partial charge in [0.25, 0.3) is 11.5 Å². The fraction of sp³-hybridized carbons (Fsp3) is 0.227. The monoisotopic (exact) mass is 449 g/mol. The molecule has 1 aromatic carbocycles. The molecule has 3 rings (SSSR count). The summed E-state index contributed by atoms with van der Waals surface area (Å²) in [4.78, 5) is 28.7.